The molecule has 10 nitrogen and oxygen atoms in total. The van der Waals surface area contributed by atoms with Gasteiger partial charge in [0.05, 0.1) is 18.8 Å². The van der Waals surface area contributed by atoms with Crippen LogP contribution in [0.5, 0.6) is 11.5 Å². The standard InChI is InChI=1S/C19H15F6NO9/c1-7-2-9(34-19(23,24)25)3-8-4-10(16(18(20,21)22)33-13(7)8)17(27)32-11-5-30-15-12(35-26(28)29)6-31-14(11)15/h2-4,11-12,14-16H,5-6H2,1H3. The van der Waals surface area contributed by atoms with Gasteiger partial charge in [-0.05, 0) is 30.7 Å². The van der Waals surface area contributed by atoms with Gasteiger partial charge in [0.25, 0.3) is 5.09 Å². The van der Waals surface area contributed by atoms with Gasteiger partial charge in [0, 0.05) is 5.56 Å². The molecular weight excluding hydrogens is 500 g/mol. The number of carbonyl (C=O) groups excluding carboxylic acids is 1. The highest BCUT2D eigenvalue weighted by Crippen LogP contribution is 2.42. The molecule has 3 aliphatic rings. The van der Waals surface area contributed by atoms with Gasteiger partial charge in [0.1, 0.15) is 23.7 Å². The topological polar surface area (TPSA) is 116 Å². The van der Waals surface area contributed by atoms with E-state index >= 15 is 0 Å². The van der Waals surface area contributed by atoms with Crippen LogP contribution >= 0.6 is 0 Å². The summed E-state index contributed by atoms with van der Waals surface area (Å²) in [6.07, 6.45) is -16.6. The van der Waals surface area contributed by atoms with Crippen LogP contribution in [-0.4, -0.2) is 67.3 Å². The molecule has 0 spiro atoms. The van der Waals surface area contributed by atoms with E-state index in [1.54, 1.807) is 0 Å². The summed E-state index contributed by atoms with van der Waals surface area (Å²) in [7, 11) is 0. The number of hydrogen-bond donors (Lipinski definition) is 0. The number of aryl methyl sites for hydroxylation is 1. The number of rotatable bonds is 5. The summed E-state index contributed by atoms with van der Waals surface area (Å²) in [5.41, 5.74) is -1.40. The number of halogens is 6. The van der Waals surface area contributed by atoms with Gasteiger partial charge in [-0.25, -0.2) is 4.79 Å². The normalized spacial score (nSPS) is 27.9. The zero-order chi connectivity index (χ0) is 25.7. The second-order valence-electron chi connectivity index (χ2n) is 7.75. The minimum atomic E-state index is -5.08. The Hall–Kier alpha value is -3.27. The Kier molecular flexibility index (Phi) is 6.21. The Balaban J connectivity index is 1.59. The van der Waals surface area contributed by atoms with Crippen LogP contribution in [0.3, 0.4) is 0 Å². The average molecular weight is 515 g/mol. The number of carbonyl (C=O) groups is 1. The van der Waals surface area contributed by atoms with Crippen LogP contribution in [0.1, 0.15) is 11.1 Å². The fourth-order valence-corrected chi connectivity index (χ4v) is 4.00. The first-order valence-corrected chi connectivity index (χ1v) is 9.83. The minimum absolute atomic E-state index is 0.0945. The molecule has 1 aromatic carbocycles. The fourth-order valence-electron chi connectivity index (χ4n) is 4.00. The quantitative estimate of drug-likeness (QED) is 0.253. The van der Waals surface area contributed by atoms with Crippen LogP contribution in [0.15, 0.2) is 17.7 Å². The van der Waals surface area contributed by atoms with Gasteiger partial charge in [-0.1, -0.05) is 0 Å². The van der Waals surface area contributed by atoms with E-state index in [0.29, 0.717) is 6.08 Å². The third-order valence-electron chi connectivity index (χ3n) is 5.32. The summed E-state index contributed by atoms with van der Waals surface area (Å²) < 4.78 is 103. The maximum atomic E-state index is 13.7. The number of alkyl halides is 6. The van der Waals surface area contributed by atoms with Gasteiger partial charge in [-0.15, -0.1) is 23.3 Å². The Bertz CT molecular complexity index is 1060. The van der Waals surface area contributed by atoms with E-state index in [-0.39, 0.29) is 30.1 Å². The molecular formula is C19H15F6NO9. The van der Waals surface area contributed by atoms with Crippen molar-refractivity contribution in [2.24, 2.45) is 0 Å². The first kappa shape index (κ1) is 24.8. The summed E-state index contributed by atoms with van der Waals surface area (Å²) in [5.74, 6) is -2.61. The molecule has 192 valence electrons. The van der Waals surface area contributed by atoms with Crippen molar-refractivity contribution in [3.63, 3.8) is 0 Å². The first-order chi connectivity index (χ1) is 16.2. The van der Waals surface area contributed by atoms with Crippen molar-refractivity contribution in [1.82, 2.24) is 0 Å². The van der Waals surface area contributed by atoms with Crippen LogP contribution < -0.4 is 9.47 Å². The fraction of sp³-hybridized carbons (Fsp3) is 0.526. The molecule has 2 fully saturated rings. The molecule has 5 unspecified atom stereocenters. The molecule has 0 bridgehead atoms. The molecule has 0 saturated carbocycles. The number of esters is 1. The molecule has 35 heavy (non-hydrogen) atoms. The van der Waals surface area contributed by atoms with E-state index in [4.69, 9.17) is 18.9 Å². The molecule has 2 saturated heterocycles. The van der Waals surface area contributed by atoms with Crippen LogP contribution in [0.4, 0.5) is 26.3 Å². The molecule has 0 radical (unpaired) electrons. The van der Waals surface area contributed by atoms with Crippen molar-refractivity contribution in [1.29, 1.82) is 0 Å². The molecule has 3 aliphatic heterocycles. The summed E-state index contributed by atoms with van der Waals surface area (Å²) in [4.78, 5) is 27.7. The number of benzene rings is 1. The lowest BCUT2D eigenvalue weighted by Gasteiger charge is -2.30. The van der Waals surface area contributed by atoms with Crippen LogP contribution in [0.25, 0.3) is 6.08 Å². The highest BCUT2D eigenvalue weighted by molar-refractivity contribution is 5.96. The molecule has 16 heteroatoms. The van der Waals surface area contributed by atoms with Crippen LogP contribution in [-0.2, 0) is 23.8 Å². The van der Waals surface area contributed by atoms with Crippen molar-refractivity contribution >= 4 is 12.0 Å². The molecule has 0 aliphatic carbocycles. The lowest BCUT2D eigenvalue weighted by atomic mass is 9.98. The van der Waals surface area contributed by atoms with Gasteiger partial charge in [0.2, 0.25) is 6.10 Å². The van der Waals surface area contributed by atoms with Crippen molar-refractivity contribution in [3.05, 3.63) is 38.9 Å². The van der Waals surface area contributed by atoms with E-state index in [1.807, 2.05) is 0 Å². The lowest BCUT2D eigenvalue weighted by molar-refractivity contribution is -0.769. The maximum Gasteiger partial charge on any atom is 0.573 e. The number of hydrogen-bond acceptors (Lipinski definition) is 9. The summed E-state index contributed by atoms with van der Waals surface area (Å²) in [5, 5.41) is 9.49. The molecule has 3 heterocycles. The predicted molar refractivity (Wildman–Crippen MR) is 97.5 cm³/mol. The monoisotopic (exact) mass is 515 g/mol. The third-order valence-corrected chi connectivity index (χ3v) is 5.32. The number of fused-ring (bicyclic) bond motifs is 2. The first-order valence-electron chi connectivity index (χ1n) is 9.83. The highest BCUT2D eigenvalue weighted by atomic mass is 19.4. The minimum Gasteiger partial charge on any atom is -0.475 e. The second-order valence-corrected chi connectivity index (χ2v) is 7.75. The zero-order valence-corrected chi connectivity index (χ0v) is 17.4. The molecule has 1 aromatic rings. The highest BCUT2D eigenvalue weighted by Gasteiger charge is 2.53. The summed E-state index contributed by atoms with van der Waals surface area (Å²) in [6, 6.07) is 1.61. The number of ether oxygens (including phenoxy) is 5. The van der Waals surface area contributed by atoms with Crippen LogP contribution in [0, 0.1) is 17.0 Å². The van der Waals surface area contributed by atoms with Gasteiger partial charge in [0.15, 0.2) is 12.2 Å². The smallest absolute Gasteiger partial charge is 0.475 e. The van der Waals surface area contributed by atoms with Crippen molar-refractivity contribution in [2.45, 2.75) is 50.0 Å². The summed E-state index contributed by atoms with van der Waals surface area (Å²) in [6.45, 7) is 0.586. The van der Waals surface area contributed by atoms with Gasteiger partial charge in [-0.3, -0.25) is 0 Å². The Labute approximate surface area is 191 Å². The van der Waals surface area contributed by atoms with E-state index in [1.165, 1.54) is 6.92 Å². The molecule has 0 N–H and O–H groups in total. The third kappa shape index (κ3) is 5.22. The van der Waals surface area contributed by atoms with Crippen molar-refractivity contribution < 1.29 is 64.7 Å². The number of nitrogens with zero attached hydrogens (tertiary/aromatic N) is 1. The molecule has 5 atom stereocenters. The van der Waals surface area contributed by atoms with Crippen LogP contribution in [0.2, 0.25) is 0 Å². The zero-order valence-electron chi connectivity index (χ0n) is 17.4. The Morgan fingerprint density at radius 2 is 1.71 bits per heavy atom. The van der Waals surface area contributed by atoms with E-state index < -0.39 is 65.4 Å². The molecule has 0 aromatic heterocycles. The van der Waals surface area contributed by atoms with Crippen molar-refractivity contribution in [2.75, 3.05) is 13.2 Å². The maximum absolute atomic E-state index is 13.7. The van der Waals surface area contributed by atoms with Gasteiger partial charge in [-0.2, -0.15) is 13.2 Å². The average Bonchev–Trinajstić information content (AvgIpc) is 3.28. The van der Waals surface area contributed by atoms with Gasteiger partial charge >= 0.3 is 18.5 Å². The van der Waals surface area contributed by atoms with E-state index in [0.717, 1.165) is 12.1 Å². The Morgan fingerprint density at radius 3 is 2.31 bits per heavy atom. The second kappa shape index (κ2) is 8.75. The summed E-state index contributed by atoms with van der Waals surface area (Å²) >= 11 is 0. The molecule has 0 amide bonds. The lowest BCUT2D eigenvalue weighted by Crippen LogP contribution is -2.43. The SMILES string of the molecule is Cc1cc(OC(F)(F)F)cc2c1OC(C(F)(F)F)C(C(=O)OC1COC3C(O[N+](=O)[O-])COC13)=C2. The Morgan fingerprint density at radius 1 is 1.09 bits per heavy atom. The van der Waals surface area contributed by atoms with E-state index in [2.05, 4.69) is 9.57 Å². The predicted octanol–water partition coefficient (Wildman–Crippen LogP) is 2.89. The largest absolute Gasteiger partial charge is 0.573 e. The van der Waals surface area contributed by atoms with Gasteiger partial charge < -0.3 is 28.5 Å². The molecule has 4 rings (SSSR count). The van der Waals surface area contributed by atoms with Crippen molar-refractivity contribution in [3.8, 4) is 11.5 Å². The van der Waals surface area contributed by atoms with E-state index in [9.17, 15) is 41.3 Å².